The molecule has 16 heavy (non-hydrogen) atoms. The van der Waals surface area contributed by atoms with Crippen LogP contribution in [-0.2, 0) is 0 Å². The maximum absolute atomic E-state index is 8.79. The number of fused-ring (bicyclic) bond motifs is 1. The van der Waals surface area contributed by atoms with Gasteiger partial charge in [0.2, 0.25) is 0 Å². The molecular formula is C14H12N2. The van der Waals surface area contributed by atoms with Crippen molar-refractivity contribution in [3.63, 3.8) is 0 Å². The predicted molar refractivity (Wildman–Crippen MR) is 66.3 cm³/mol. The topological polar surface area (TPSA) is 49.8 Å². The quantitative estimate of drug-likeness (QED) is 0.732. The Morgan fingerprint density at radius 1 is 1.12 bits per heavy atom. The van der Waals surface area contributed by atoms with Gasteiger partial charge >= 0.3 is 0 Å². The third-order valence-electron chi connectivity index (χ3n) is 2.63. The van der Waals surface area contributed by atoms with E-state index in [4.69, 9.17) is 11.0 Å². The average molecular weight is 208 g/mol. The highest BCUT2D eigenvalue weighted by Crippen LogP contribution is 2.20. The summed E-state index contributed by atoms with van der Waals surface area (Å²) in [4.78, 5) is 0. The highest BCUT2D eigenvalue weighted by molar-refractivity contribution is 5.86. The van der Waals surface area contributed by atoms with Crippen molar-refractivity contribution in [3.05, 3.63) is 53.6 Å². The van der Waals surface area contributed by atoms with Crippen molar-refractivity contribution in [1.82, 2.24) is 0 Å². The Hall–Kier alpha value is -2.27. The van der Waals surface area contributed by atoms with Crippen LogP contribution in [0.2, 0.25) is 0 Å². The summed E-state index contributed by atoms with van der Waals surface area (Å²) in [6.45, 7) is 1.73. The van der Waals surface area contributed by atoms with Crippen molar-refractivity contribution < 1.29 is 0 Å². The highest BCUT2D eigenvalue weighted by atomic mass is 14.6. The Balaban J connectivity index is 2.61. The number of nitrogens with zero attached hydrogens (tertiary/aromatic N) is 1. The zero-order chi connectivity index (χ0) is 11.5. The van der Waals surface area contributed by atoms with E-state index in [1.54, 1.807) is 6.92 Å². The fourth-order valence-corrected chi connectivity index (χ4v) is 1.63. The van der Waals surface area contributed by atoms with Crippen LogP contribution in [0.5, 0.6) is 0 Å². The molecule has 78 valence electrons. The molecule has 2 rings (SSSR count). The van der Waals surface area contributed by atoms with E-state index >= 15 is 0 Å². The van der Waals surface area contributed by atoms with Crippen molar-refractivity contribution in [3.8, 4) is 6.07 Å². The number of hydrogen-bond donors (Lipinski definition) is 1. The number of benzene rings is 2. The van der Waals surface area contributed by atoms with Crippen molar-refractivity contribution >= 4 is 16.5 Å². The van der Waals surface area contributed by atoms with Crippen LogP contribution in [0, 0.1) is 11.3 Å². The molecule has 0 spiro atoms. The largest absolute Gasteiger partial charge is 0.397 e. The second-order valence-corrected chi connectivity index (χ2v) is 3.71. The van der Waals surface area contributed by atoms with Gasteiger partial charge in [0.05, 0.1) is 11.8 Å². The fraction of sp³-hybridized carbons (Fsp3) is 0.0714. The number of nitriles is 1. The molecule has 0 aliphatic carbocycles. The van der Waals surface area contributed by atoms with Gasteiger partial charge < -0.3 is 5.73 Å². The van der Waals surface area contributed by atoms with Crippen molar-refractivity contribution in [2.45, 2.75) is 6.92 Å². The van der Waals surface area contributed by atoms with Crippen LogP contribution in [0.25, 0.3) is 16.5 Å². The minimum absolute atomic E-state index is 0.549. The van der Waals surface area contributed by atoms with E-state index in [2.05, 4.69) is 12.1 Å². The van der Waals surface area contributed by atoms with Crippen LogP contribution < -0.4 is 5.73 Å². The average Bonchev–Trinajstić information content (AvgIpc) is 2.36. The van der Waals surface area contributed by atoms with Crippen LogP contribution in [0.3, 0.4) is 0 Å². The minimum atomic E-state index is 0.549. The third kappa shape index (κ3) is 1.76. The summed E-state index contributed by atoms with van der Waals surface area (Å²) in [7, 11) is 0. The van der Waals surface area contributed by atoms with Crippen LogP contribution in [0.15, 0.2) is 48.0 Å². The lowest BCUT2D eigenvalue weighted by Crippen LogP contribution is -1.98. The highest BCUT2D eigenvalue weighted by Gasteiger charge is 2.02. The molecule has 0 aliphatic heterocycles. The lowest BCUT2D eigenvalue weighted by Gasteiger charge is -2.04. The predicted octanol–water partition coefficient (Wildman–Crippen LogP) is 3.05. The molecule has 0 aromatic heterocycles. The van der Waals surface area contributed by atoms with Gasteiger partial charge in [-0.1, -0.05) is 36.4 Å². The van der Waals surface area contributed by atoms with E-state index in [0.717, 1.165) is 10.9 Å². The first-order valence-electron chi connectivity index (χ1n) is 5.08. The Labute approximate surface area is 94.6 Å². The molecule has 0 atom stereocenters. The second-order valence-electron chi connectivity index (χ2n) is 3.71. The molecule has 0 amide bonds. The number of nitrogens with two attached hydrogens (primary N) is 1. The van der Waals surface area contributed by atoms with Gasteiger partial charge in [-0.15, -0.1) is 0 Å². The normalized spacial score (nSPS) is 12.0. The Morgan fingerprint density at radius 3 is 2.50 bits per heavy atom. The molecule has 2 nitrogen and oxygen atoms in total. The minimum Gasteiger partial charge on any atom is -0.397 e. The van der Waals surface area contributed by atoms with E-state index in [1.165, 1.54) is 5.39 Å². The third-order valence-corrected chi connectivity index (χ3v) is 2.63. The van der Waals surface area contributed by atoms with Gasteiger partial charge in [0.1, 0.15) is 0 Å². The molecule has 0 fully saturated rings. The second kappa shape index (κ2) is 4.08. The first kappa shape index (κ1) is 10.3. The van der Waals surface area contributed by atoms with E-state index in [0.29, 0.717) is 11.3 Å². The van der Waals surface area contributed by atoms with Crippen LogP contribution in [0.4, 0.5) is 0 Å². The standard InChI is InChI=1S/C14H12N2/c1-10(9-15)14(16)13-7-6-11-4-2-3-5-12(11)8-13/h2-8H,16H2,1H3/b14-10-. The molecule has 0 saturated carbocycles. The SMILES string of the molecule is C/C(C#N)=C(/N)c1ccc2ccccc2c1. The molecule has 2 aromatic rings. The van der Waals surface area contributed by atoms with Gasteiger partial charge in [0.15, 0.2) is 0 Å². The van der Waals surface area contributed by atoms with Crippen LogP contribution in [-0.4, -0.2) is 0 Å². The Kier molecular flexibility index (Phi) is 2.61. The van der Waals surface area contributed by atoms with E-state index in [-0.39, 0.29) is 0 Å². The zero-order valence-corrected chi connectivity index (χ0v) is 9.07. The summed E-state index contributed by atoms with van der Waals surface area (Å²) in [5, 5.41) is 11.1. The lowest BCUT2D eigenvalue weighted by molar-refractivity contribution is 1.40. The van der Waals surface area contributed by atoms with Gasteiger partial charge in [-0.05, 0) is 29.3 Å². The molecule has 0 aliphatic rings. The number of allylic oxidation sites excluding steroid dienone is 1. The summed E-state index contributed by atoms with van der Waals surface area (Å²) < 4.78 is 0. The first-order chi connectivity index (χ1) is 7.72. The van der Waals surface area contributed by atoms with Gasteiger partial charge in [0, 0.05) is 5.57 Å². The molecule has 0 heterocycles. The molecule has 2 heteroatoms. The molecular weight excluding hydrogens is 196 g/mol. The summed E-state index contributed by atoms with van der Waals surface area (Å²) in [6.07, 6.45) is 0. The van der Waals surface area contributed by atoms with Gasteiger partial charge in [0.25, 0.3) is 0 Å². The summed E-state index contributed by atoms with van der Waals surface area (Å²) in [5.41, 5.74) is 7.90. The van der Waals surface area contributed by atoms with Crippen molar-refractivity contribution in [2.24, 2.45) is 5.73 Å². The van der Waals surface area contributed by atoms with Gasteiger partial charge in [-0.3, -0.25) is 0 Å². The summed E-state index contributed by atoms with van der Waals surface area (Å²) in [6, 6.07) is 16.1. The Morgan fingerprint density at radius 2 is 1.81 bits per heavy atom. The maximum atomic E-state index is 8.79. The number of hydrogen-bond acceptors (Lipinski definition) is 2. The molecule has 0 unspecified atom stereocenters. The smallest absolute Gasteiger partial charge is 0.0965 e. The Bertz CT molecular complexity index is 603. The molecule has 0 saturated heterocycles. The summed E-state index contributed by atoms with van der Waals surface area (Å²) >= 11 is 0. The summed E-state index contributed by atoms with van der Waals surface area (Å²) in [5.74, 6) is 0. The molecule has 2 aromatic carbocycles. The van der Waals surface area contributed by atoms with E-state index < -0.39 is 0 Å². The first-order valence-corrected chi connectivity index (χ1v) is 5.08. The van der Waals surface area contributed by atoms with Crippen molar-refractivity contribution in [1.29, 1.82) is 5.26 Å². The monoisotopic (exact) mass is 208 g/mol. The molecule has 2 N–H and O–H groups in total. The fourth-order valence-electron chi connectivity index (χ4n) is 1.63. The van der Waals surface area contributed by atoms with Gasteiger partial charge in [-0.2, -0.15) is 5.26 Å². The van der Waals surface area contributed by atoms with Crippen LogP contribution in [0.1, 0.15) is 12.5 Å². The zero-order valence-electron chi connectivity index (χ0n) is 9.07. The van der Waals surface area contributed by atoms with Crippen molar-refractivity contribution in [2.75, 3.05) is 0 Å². The maximum Gasteiger partial charge on any atom is 0.0965 e. The van der Waals surface area contributed by atoms with E-state index in [9.17, 15) is 0 Å². The van der Waals surface area contributed by atoms with Crippen LogP contribution >= 0.6 is 0 Å². The van der Waals surface area contributed by atoms with Gasteiger partial charge in [-0.25, -0.2) is 0 Å². The molecule has 0 bridgehead atoms. The molecule has 0 radical (unpaired) electrons. The number of rotatable bonds is 1. The van der Waals surface area contributed by atoms with E-state index in [1.807, 2.05) is 36.4 Å². The lowest BCUT2D eigenvalue weighted by atomic mass is 10.0.